The number of rotatable bonds is 9. The molecule has 1 aliphatic heterocycles. The summed E-state index contributed by atoms with van der Waals surface area (Å²) in [4.78, 5) is 19.3. The lowest BCUT2D eigenvalue weighted by Crippen LogP contribution is -2.51. The standard InChI is InChI=1S/C21H30N4O3/c1-4-7-12-20-23-19(24-28-20)14-25-13-18(21(26)22-15(5-2)6-3)27-17-11-9-8-10-16(17)25/h8-11,15,18H,4-7,12-14H2,1-3H3,(H,22,26). The fraction of sp³-hybridized carbons (Fsp3) is 0.571. The lowest BCUT2D eigenvalue weighted by molar-refractivity contribution is -0.128. The zero-order chi connectivity index (χ0) is 19.9. The summed E-state index contributed by atoms with van der Waals surface area (Å²) in [6.07, 6.45) is 4.14. The average Bonchev–Trinajstić information content (AvgIpc) is 3.17. The van der Waals surface area contributed by atoms with Crippen molar-refractivity contribution in [3.8, 4) is 5.75 Å². The predicted octanol–water partition coefficient (Wildman–Crippen LogP) is 3.48. The number of ether oxygens (including phenoxy) is 1. The number of hydrogen-bond acceptors (Lipinski definition) is 6. The van der Waals surface area contributed by atoms with Crippen LogP contribution in [0, 0.1) is 0 Å². The number of nitrogens with zero attached hydrogens (tertiary/aromatic N) is 3. The molecule has 0 spiro atoms. The summed E-state index contributed by atoms with van der Waals surface area (Å²) in [6, 6.07) is 7.92. The Bertz CT molecular complexity index is 773. The van der Waals surface area contributed by atoms with Crippen molar-refractivity contribution < 1.29 is 14.1 Å². The number of benzene rings is 1. The van der Waals surface area contributed by atoms with Gasteiger partial charge in [-0.1, -0.05) is 44.5 Å². The molecule has 152 valence electrons. The number of anilines is 1. The summed E-state index contributed by atoms with van der Waals surface area (Å²) in [7, 11) is 0. The Morgan fingerprint density at radius 1 is 1.29 bits per heavy atom. The van der Waals surface area contributed by atoms with Crippen molar-refractivity contribution >= 4 is 11.6 Å². The molecule has 2 aromatic rings. The van der Waals surface area contributed by atoms with Gasteiger partial charge < -0.3 is 19.5 Å². The van der Waals surface area contributed by atoms with Crippen molar-refractivity contribution in [3.05, 3.63) is 36.0 Å². The van der Waals surface area contributed by atoms with E-state index in [9.17, 15) is 4.79 Å². The highest BCUT2D eigenvalue weighted by Gasteiger charge is 2.32. The Labute approximate surface area is 166 Å². The van der Waals surface area contributed by atoms with Crippen molar-refractivity contribution in [2.75, 3.05) is 11.4 Å². The molecule has 3 rings (SSSR count). The molecule has 1 N–H and O–H groups in total. The molecule has 7 nitrogen and oxygen atoms in total. The van der Waals surface area contributed by atoms with E-state index >= 15 is 0 Å². The molecule has 2 heterocycles. The molecule has 0 fully saturated rings. The third-order valence-electron chi connectivity index (χ3n) is 5.07. The van der Waals surface area contributed by atoms with Gasteiger partial charge in [0, 0.05) is 12.5 Å². The van der Waals surface area contributed by atoms with Gasteiger partial charge in [-0.2, -0.15) is 4.98 Å². The first-order chi connectivity index (χ1) is 13.6. The molecule has 1 atom stereocenters. The van der Waals surface area contributed by atoms with E-state index in [1.54, 1.807) is 0 Å². The minimum absolute atomic E-state index is 0.0788. The quantitative estimate of drug-likeness (QED) is 0.711. The number of aryl methyl sites for hydroxylation is 1. The normalized spacial score (nSPS) is 16.0. The Morgan fingerprint density at radius 3 is 2.82 bits per heavy atom. The van der Waals surface area contributed by atoms with Crippen LogP contribution in [0.3, 0.4) is 0 Å². The molecule has 0 saturated carbocycles. The predicted molar refractivity (Wildman–Crippen MR) is 107 cm³/mol. The Kier molecular flexibility index (Phi) is 6.90. The van der Waals surface area contributed by atoms with Crippen molar-refractivity contribution in [1.82, 2.24) is 15.5 Å². The van der Waals surface area contributed by atoms with Crippen molar-refractivity contribution in [3.63, 3.8) is 0 Å². The summed E-state index contributed by atoms with van der Waals surface area (Å²) in [5.41, 5.74) is 0.939. The van der Waals surface area contributed by atoms with Gasteiger partial charge in [0.05, 0.1) is 18.8 Å². The molecule has 0 aliphatic carbocycles. The number of carbonyl (C=O) groups excluding carboxylic acids is 1. The highest BCUT2D eigenvalue weighted by molar-refractivity contribution is 5.83. The van der Waals surface area contributed by atoms with Gasteiger partial charge in [-0.05, 0) is 31.4 Å². The third kappa shape index (κ3) is 4.82. The van der Waals surface area contributed by atoms with Gasteiger partial charge in [-0.3, -0.25) is 4.79 Å². The van der Waals surface area contributed by atoms with E-state index in [1.807, 2.05) is 24.3 Å². The van der Waals surface area contributed by atoms with Crippen LogP contribution in [0.5, 0.6) is 5.75 Å². The summed E-state index contributed by atoms with van der Waals surface area (Å²) in [6.45, 7) is 7.20. The van der Waals surface area contributed by atoms with E-state index in [-0.39, 0.29) is 11.9 Å². The molecule has 0 bridgehead atoms. The molecule has 7 heteroatoms. The van der Waals surface area contributed by atoms with Crippen LogP contribution in [-0.4, -0.2) is 34.7 Å². The van der Waals surface area contributed by atoms with Gasteiger partial charge >= 0.3 is 0 Å². The monoisotopic (exact) mass is 386 g/mol. The van der Waals surface area contributed by atoms with Crippen molar-refractivity contribution in [1.29, 1.82) is 0 Å². The molecule has 0 saturated heterocycles. The van der Waals surface area contributed by atoms with E-state index in [1.165, 1.54) is 0 Å². The van der Waals surface area contributed by atoms with Gasteiger partial charge in [0.2, 0.25) is 5.89 Å². The molecule has 1 aromatic carbocycles. The Morgan fingerprint density at radius 2 is 2.07 bits per heavy atom. The van der Waals surface area contributed by atoms with Gasteiger partial charge in [0.1, 0.15) is 5.75 Å². The fourth-order valence-electron chi connectivity index (χ4n) is 3.33. The number of aromatic nitrogens is 2. The van der Waals surface area contributed by atoms with Crippen LogP contribution >= 0.6 is 0 Å². The lowest BCUT2D eigenvalue weighted by atomic mass is 10.1. The molecule has 0 radical (unpaired) electrons. The van der Waals surface area contributed by atoms with Gasteiger partial charge in [-0.25, -0.2) is 0 Å². The van der Waals surface area contributed by atoms with Gasteiger partial charge in [0.15, 0.2) is 11.9 Å². The minimum atomic E-state index is -0.568. The number of unbranched alkanes of at least 4 members (excludes halogenated alkanes) is 1. The average molecular weight is 386 g/mol. The van der Waals surface area contributed by atoms with E-state index in [2.05, 4.69) is 41.1 Å². The second-order valence-corrected chi connectivity index (χ2v) is 7.18. The van der Waals surface area contributed by atoms with Crippen LogP contribution in [0.2, 0.25) is 0 Å². The number of amides is 1. The van der Waals surface area contributed by atoms with Gasteiger partial charge in [0.25, 0.3) is 5.91 Å². The molecule has 1 aromatic heterocycles. The number of carbonyl (C=O) groups is 1. The summed E-state index contributed by atoms with van der Waals surface area (Å²) >= 11 is 0. The van der Waals surface area contributed by atoms with Crippen molar-refractivity contribution in [2.24, 2.45) is 0 Å². The maximum atomic E-state index is 12.7. The maximum Gasteiger partial charge on any atom is 0.263 e. The lowest BCUT2D eigenvalue weighted by Gasteiger charge is -2.35. The first-order valence-electron chi connectivity index (χ1n) is 10.3. The van der Waals surface area contributed by atoms with Crippen molar-refractivity contribution in [2.45, 2.75) is 71.6 Å². The SMILES string of the molecule is CCCCc1nc(CN2CC(C(=O)NC(CC)CC)Oc3ccccc32)no1. The third-order valence-corrected chi connectivity index (χ3v) is 5.07. The summed E-state index contributed by atoms with van der Waals surface area (Å²) in [5.74, 6) is 1.92. The first kappa shape index (κ1) is 20.2. The first-order valence-corrected chi connectivity index (χ1v) is 10.3. The second kappa shape index (κ2) is 9.57. The number of hydrogen-bond donors (Lipinski definition) is 1. The van der Waals surface area contributed by atoms with Crippen LogP contribution < -0.4 is 15.0 Å². The molecular weight excluding hydrogens is 356 g/mol. The molecule has 28 heavy (non-hydrogen) atoms. The van der Waals surface area contributed by atoms with Crippen LogP contribution in [0.4, 0.5) is 5.69 Å². The minimum Gasteiger partial charge on any atom is -0.477 e. The van der Waals surface area contributed by atoms with Crippen LogP contribution in [0.25, 0.3) is 0 Å². The highest BCUT2D eigenvalue weighted by atomic mass is 16.5. The van der Waals surface area contributed by atoms with E-state index < -0.39 is 6.10 Å². The molecule has 1 unspecified atom stereocenters. The maximum absolute atomic E-state index is 12.7. The van der Waals surface area contributed by atoms with Crippen LogP contribution in [-0.2, 0) is 17.8 Å². The Hall–Kier alpha value is -2.57. The highest BCUT2D eigenvalue weighted by Crippen LogP contribution is 2.34. The topological polar surface area (TPSA) is 80.5 Å². The molecule has 1 aliphatic rings. The zero-order valence-electron chi connectivity index (χ0n) is 17.0. The van der Waals surface area contributed by atoms with Crippen LogP contribution in [0.1, 0.15) is 58.2 Å². The zero-order valence-corrected chi connectivity index (χ0v) is 17.0. The fourth-order valence-corrected chi connectivity index (χ4v) is 3.33. The largest absolute Gasteiger partial charge is 0.477 e. The van der Waals surface area contributed by atoms with E-state index in [0.717, 1.165) is 37.8 Å². The summed E-state index contributed by atoms with van der Waals surface area (Å²) in [5, 5.41) is 7.20. The smallest absolute Gasteiger partial charge is 0.263 e. The number of fused-ring (bicyclic) bond motifs is 1. The Balaban J connectivity index is 1.74. The van der Waals surface area contributed by atoms with Crippen LogP contribution in [0.15, 0.2) is 28.8 Å². The number of nitrogens with one attached hydrogen (secondary N) is 1. The number of para-hydroxylation sites is 2. The van der Waals surface area contributed by atoms with Gasteiger partial charge in [-0.15, -0.1) is 0 Å². The van der Waals surface area contributed by atoms with E-state index in [0.29, 0.717) is 30.6 Å². The van der Waals surface area contributed by atoms with E-state index in [4.69, 9.17) is 9.26 Å². The molecule has 1 amide bonds. The second-order valence-electron chi connectivity index (χ2n) is 7.18. The summed E-state index contributed by atoms with van der Waals surface area (Å²) < 4.78 is 11.3. The molecular formula is C21H30N4O3.